The minimum absolute atomic E-state index is 0.0496. The molecule has 3 aromatic heterocycles. The Morgan fingerprint density at radius 2 is 1.93 bits per heavy atom. The lowest BCUT2D eigenvalue weighted by Gasteiger charge is -2.18. The predicted molar refractivity (Wildman–Crippen MR) is 150 cm³/mol. The molecule has 13 heteroatoms. The molecule has 0 fully saturated rings. The van der Waals surface area contributed by atoms with Crippen LogP contribution in [0.25, 0.3) is 28.1 Å². The van der Waals surface area contributed by atoms with Gasteiger partial charge in [-0.05, 0) is 54.3 Å². The topological polar surface area (TPSA) is 120 Å². The first kappa shape index (κ1) is 25.5. The molecule has 0 unspecified atom stereocenters. The highest BCUT2D eigenvalue weighted by atomic mass is 35.5. The molecule has 0 radical (unpaired) electrons. The SMILES string of the molecule is C[C@H]1Cc2cc(-c3cc(Cl)ccc3-n3cc(Cl)nn3)cc(=O)n2[C@@H]1c1nc(-c2ccc3c(c2)OCC(=O)N3)c(F)[nH]1. The summed E-state index contributed by atoms with van der Waals surface area (Å²) >= 11 is 12.3. The van der Waals surface area contributed by atoms with Crippen molar-refractivity contribution in [2.45, 2.75) is 19.4 Å². The summed E-state index contributed by atoms with van der Waals surface area (Å²) in [6.45, 7) is 1.88. The predicted octanol–water partition coefficient (Wildman–Crippen LogP) is 5.04. The smallest absolute Gasteiger partial charge is 0.262 e. The maximum absolute atomic E-state index is 15.2. The minimum atomic E-state index is -0.625. The highest BCUT2D eigenvalue weighted by Gasteiger charge is 2.35. The van der Waals surface area contributed by atoms with Crippen molar-refractivity contribution in [2.75, 3.05) is 11.9 Å². The average molecular weight is 592 g/mol. The molecule has 2 N–H and O–H groups in total. The van der Waals surface area contributed by atoms with E-state index in [4.69, 9.17) is 27.9 Å². The van der Waals surface area contributed by atoms with Crippen LogP contribution in [-0.2, 0) is 11.2 Å². The summed E-state index contributed by atoms with van der Waals surface area (Å²) in [6, 6.07) is 13.2. The highest BCUT2D eigenvalue weighted by molar-refractivity contribution is 6.31. The first-order chi connectivity index (χ1) is 19.7. The zero-order valence-corrected chi connectivity index (χ0v) is 22.9. The number of nitrogens with one attached hydrogen (secondary N) is 2. The molecular weight excluding hydrogens is 572 g/mol. The van der Waals surface area contributed by atoms with Crippen LogP contribution >= 0.6 is 23.2 Å². The van der Waals surface area contributed by atoms with Gasteiger partial charge in [-0.1, -0.05) is 41.4 Å². The fourth-order valence-electron chi connectivity index (χ4n) is 5.57. The lowest BCUT2D eigenvalue weighted by Crippen LogP contribution is -2.26. The van der Waals surface area contributed by atoms with E-state index in [0.717, 1.165) is 5.69 Å². The van der Waals surface area contributed by atoms with E-state index in [-0.39, 0.29) is 34.8 Å². The normalized spacial score (nSPS) is 17.6. The van der Waals surface area contributed by atoms with E-state index >= 15 is 4.39 Å². The first-order valence-corrected chi connectivity index (χ1v) is 13.5. The number of rotatable bonds is 4. The fourth-order valence-corrected chi connectivity index (χ4v) is 5.87. The summed E-state index contributed by atoms with van der Waals surface area (Å²) in [5, 5.41) is 11.3. The molecule has 5 heterocycles. The van der Waals surface area contributed by atoms with Gasteiger partial charge in [0.2, 0.25) is 5.95 Å². The van der Waals surface area contributed by atoms with E-state index in [1.807, 2.05) is 13.0 Å². The number of imidazole rings is 1. The average Bonchev–Trinajstić information content (AvgIpc) is 3.64. The van der Waals surface area contributed by atoms with Gasteiger partial charge >= 0.3 is 0 Å². The zero-order valence-electron chi connectivity index (χ0n) is 21.4. The maximum Gasteiger partial charge on any atom is 0.262 e. The van der Waals surface area contributed by atoms with Crippen LogP contribution in [0, 0.1) is 11.9 Å². The maximum atomic E-state index is 15.2. The van der Waals surface area contributed by atoms with E-state index in [9.17, 15) is 9.59 Å². The van der Waals surface area contributed by atoms with Crippen LogP contribution in [0.2, 0.25) is 10.2 Å². The zero-order chi connectivity index (χ0) is 28.4. The summed E-state index contributed by atoms with van der Waals surface area (Å²) < 4.78 is 23.9. The molecule has 0 saturated heterocycles. The Hall–Kier alpha value is -4.48. The van der Waals surface area contributed by atoms with Crippen LogP contribution < -0.4 is 15.6 Å². The summed E-state index contributed by atoms with van der Waals surface area (Å²) in [4.78, 5) is 32.5. The number of anilines is 1. The summed E-state index contributed by atoms with van der Waals surface area (Å²) in [6.07, 6.45) is 2.14. The molecule has 0 aliphatic carbocycles. The van der Waals surface area contributed by atoms with E-state index in [0.29, 0.717) is 51.1 Å². The van der Waals surface area contributed by atoms with Crippen LogP contribution in [-0.4, -0.2) is 42.0 Å². The molecule has 2 aliphatic rings. The second-order valence-electron chi connectivity index (χ2n) is 10.0. The third kappa shape index (κ3) is 4.37. The number of amides is 1. The Labute approximate surface area is 241 Å². The summed E-state index contributed by atoms with van der Waals surface area (Å²) in [5.41, 5.74) is 3.62. The third-order valence-corrected chi connectivity index (χ3v) is 7.73. The number of carbonyl (C=O) groups excluding carboxylic acids is 1. The molecule has 2 aromatic carbocycles. The van der Waals surface area contributed by atoms with E-state index < -0.39 is 12.0 Å². The Kier molecular flexibility index (Phi) is 5.95. The molecule has 2 aliphatic heterocycles. The number of pyridine rings is 1. The van der Waals surface area contributed by atoms with Gasteiger partial charge < -0.3 is 19.6 Å². The number of H-pyrrole nitrogens is 1. The number of aromatic amines is 1. The van der Waals surface area contributed by atoms with Gasteiger partial charge in [0.05, 0.1) is 23.6 Å². The number of aromatic nitrogens is 6. The number of carbonyl (C=O) groups is 1. The van der Waals surface area contributed by atoms with E-state index in [2.05, 4.69) is 25.6 Å². The second kappa shape index (κ2) is 9.57. The molecular formula is C28H20Cl2FN7O3. The molecule has 7 rings (SSSR count). The molecule has 41 heavy (non-hydrogen) atoms. The van der Waals surface area contributed by atoms with Crippen molar-refractivity contribution >= 4 is 34.8 Å². The van der Waals surface area contributed by atoms with Crippen LogP contribution in [0.15, 0.2) is 59.5 Å². The number of hydrogen-bond acceptors (Lipinski definition) is 6. The number of benzene rings is 2. The van der Waals surface area contributed by atoms with Crippen molar-refractivity contribution < 1.29 is 13.9 Å². The van der Waals surface area contributed by atoms with Crippen molar-refractivity contribution in [1.29, 1.82) is 0 Å². The molecule has 5 aromatic rings. The highest BCUT2D eigenvalue weighted by Crippen LogP contribution is 2.39. The van der Waals surface area contributed by atoms with Crippen molar-refractivity contribution in [1.82, 2.24) is 29.5 Å². The van der Waals surface area contributed by atoms with Crippen molar-refractivity contribution in [3.63, 3.8) is 0 Å². The molecule has 2 atom stereocenters. The van der Waals surface area contributed by atoms with Gasteiger partial charge in [-0.25, -0.2) is 9.67 Å². The monoisotopic (exact) mass is 591 g/mol. The molecule has 10 nitrogen and oxygen atoms in total. The van der Waals surface area contributed by atoms with Gasteiger partial charge in [0, 0.05) is 27.9 Å². The quantitative estimate of drug-likeness (QED) is 0.302. The summed E-state index contributed by atoms with van der Waals surface area (Å²) in [7, 11) is 0. The minimum Gasteiger partial charge on any atom is -0.482 e. The summed E-state index contributed by atoms with van der Waals surface area (Å²) in [5.74, 6) is -0.156. The van der Waals surface area contributed by atoms with Crippen molar-refractivity contribution in [3.8, 4) is 33.8 Å². The van der Waals surface area contributed by atoms with Crippen LogP contribution in [0.1, 0.15) is 24.5 Å². The molecule has 1 amide bonds. The molecule has 0 saturated carbocycles. The van der Waals surface area contributed by atoms with Crippen LogP contribution in [0.3, 0.4) is 0 Å². The van der Waals surface area contributed by atoms with Crippen LogP contribution in [0.5, 0.6) is 5.75 Å². The van der Waals surface area contributed by atoms with Gasteiger partial charge in [0.1, 0.15) is 17.3 Å². The second-order valence-corrected chi connectivity index (χ2v) is 10.9. The standard InChI is InChI=1S/C28H20Cl2FN7O3/c1-13-6-17-7-15(18-10-16(29)3-5-20(18)37-11-22(30)35-36-37)9-24(40)38(17)26(13)28-33-25(27(31)34-28)14-2-4-19-21(8-14)41-12-23(39)32-19/h2-5,7-11,13,26H,6,12H2,1H3,(H,32,39)(H,33,34)/t13-,26-/m0/s1. The van der Waals surface area contributed by atoms with Gasteiger partial charge in [0.25, 0.3) is 11.5 Å². The molecule has 206 valence electrons. The number of nitrogens with zero attached hydrogens (tertiary/aromatic N) is 5. The lowest BCUT2D eigenvalue weighted by molar-refractivity contribution is -0.118. The van der Waals surface area contributed by atoms with Crippen molar-refractivity contribution in [3.05, 3.63) is 92.7 Å². The van der Waals surface area contributed by atoms with Gasteiger partial charge in [0.15, 0.2) is 11.8 Å². The lowest BCUT2D eigenvalue weighted by atomic mass is 10.0. The van der Waals surface area contributed by atoms with Crippen molar-refractivity contribution in [2.24, 2.45) is 5.92 Å². The van der Waals surface area contributed by atoms with Gasteiger partial charge in [-0.2, -0.15) is 4.39 Å². The van der Waals surface area contributed by atoms with E-state index in [1.54, 1.807) is 47.2 Å². The fraction of sp³-hybridized carbons (Fsp3) is 0.179. The van der Waals surface area contributed by atoms with Crippen LogP contribution in [0.4, 0.5) is 10.1 Å². The molecule has 0 bridgehead atoms. The first-order valence-electron chi connectivity index (χ1n) is 12.7. The Morgan fingerprint density at radius 1 is 1.07 bits per heavy atom. The number of fused-ring (bicyclic) bond motifs is 2. The third-order valence-electron chi connectivity index (χ3n) is 7.32. The van der Waals surface area contributed by atoms with Gasteiger partial charge in [-0.3, -0.25) is 9.59 Å². The number of ether oxygens (including phenoxy) is 1. The van der Waals surface area contributed by atoms with Gasteiger partial charge in [-0.15, -0.1) is 5.10 Å². The Bertz CT molecular complexity index is 1930. The number of halogens is 3. The largest absolute Gasteiger partial charge is 0.482 e. The Balaban J connectivity index is 1.27. The Morgan fingerprint density at radius 3 is 2.73 bits per heavy atom. The van der Waals surface area contributed by atoms with E-state index in [1.165, 1.54) is 10.7 Å². The number of hydrogen-bond donors (Lipinski definition) is 2. The molecule has 0 spiro atoms.